The van der Waals surface area contributed by atoms with Crippen molar-refractivity contribution in [2.24, 2.45) is 0 Å². The van der Waals surface area contributed by atoms with E-state index >= 15 is 0 Å². The van der Waals surface area contributed by atoms with Crippen molar-refractivity contribution in [2.45, 2.75) is 31.5 Å². The van der Waals surface area contributed by atoms with Crippen LogP contribution in [0.4, 0.5) is 5.95 Å². The van der Waals surface area contributed by atoms with E-state index < -0.39 is 5.60 Å². The van der Waals surface area contributed by atoms with Crippen molar-refractivity contribution in [3.05, 3.63) is 50.4 Å². The zero-order valence-electron chi connectivity index (χ0n) is 15.0. The highest BCUT2D eigenvalue weighted by molar-refractivity contribution is 6.42. The van der Waals surface area contributed by atoms with Gasteiger partial charge in [-0.2, -0.15) is 5.10 Å². The fourth-order valence-corrected chi connectivity index (χ4v) is 3.69. The van der Waals surface area contributed by atoms with E-state index in [0.29, 0.717) is 46.4 Å². The predicted molar refractivity (Wildman–Crippen MR) is 109 cm³/mol. The van der Waals surface area contributed by atoms with Gasteiger partial charge in [0.25, 0.3) is 5.56 Å². The Morgan fingerprint density at radius 2 is 2.04 bits per heavy atom. The molecule has 1 aromatic carbocycles. The standard InChI is InChI=1S/C18H20Cl2N6O2/c19-12-2-1-11(7-13(12)20)8-22-17-24-14-9-23-26(15(14)16(27)25-17)10-18(28)3-5-21-6-4-18/h1-2,7,9,21,28H,3-6,8,10H2,(H2,22,24,25,27). The molecule has 1 saturated heterocycles. The largest absolute Gasteiger partial charge is 0.388 e. The molecule has 0 aliphatic carbocycles. The van der Waals surface area contributed by atoms with Gasteiger partial charge >= 0.3 is 0 Å². The normalized spacial score (nSPS) is 16.4. The van der Waals surface area contributed by atoms with Gasteiger partial charge < -0.3 is 15.7 Å². The number of H-pyrrole nitrogens is 1. The Morgan fingerprint density at radius 1 is 1.25 bits per heavy atom. The lowest BCUT2D eigenvalue weighted by Gasteiger charge is -2.32. The smallest absolute Gasteiger partial charge is 0.278 e. The maximum Gasteiger partial charge on any atom is 0.278 e. The molecule has 0 amide bonds. The van der Waals surface area contributed by atoms with Crippen LogP contribution in [0, 0.1) is 0 Å². The summed E-state index contributed by atoms with van der Waals surface area (Å²) < 4.78 is 1.54. The first-order valence-corrected chi connectivity index (χ1v) is 9.76. The van der Waals surface area contributed by atoms with E-state index in [4.69, 9.17) is 23.2 Å². The number of fused-ring (bicyclic) bond motifs is 1. The summed E-state index contributed by atoms with van der Waals surface area (Å²) in [5.41, 5.74) is 0.545. The van der Waals surface area contributed by atoms with Gasteiger partial charge in [-0.1, -0.05) is 29.3 Å². The van der Waals surface area contributed by atoms with Crippen molar-refractivity contribution < 1.29 is 5.11 Å². The predicted octanol–water partition coefficient (Wildman–Crippen LogP) is 2.15. The van der Waals surface area contributed by atoms with Gasteiger partial charge in [0.15, 0.2) is 5.52 Å². The number of piperidine rings is 1. The topological polar surface area (TPSA) is 108 Å². The zero-order valence-corrected chi connectivity index (χ0v) is 16.5. The molecule has 0 spiro atoms. The quantitative estimate of drug-likeness (QED) is 0.501. The van der Waals surface area contributed by atoms with Crippen LogP contribution in [0.1, 0.15) is 18.4 Å². The second kappa shape index (κ2) is 7.71. The molecule has 148 valence electrons. The third-order valence-electron chi connectivity index (χ3n) is 4.92. The van der Waals surface area contributed by atoms with E-state index in [9.17, 15) is 9.90 Å². The highest BCUT2D eigenvalue weighted by Gasteiger charge is 2.30. The Bertz CT molecular complexity index is 1060. The van der Waals surface area contributed by atoms with Gasteiger partial charge in [-0.3, -0.25) is 14.5 Å². The van der Waals surface area contributed by atoms with Gasteiger partial charge in [0.2, 0.25) is 5.95 Å². The number of aromatic amines is 1. The molecular weight excluding hydrogens is 403 g/mol. The first kappa shape index (κ1) is 19.2. The number of benzene rings is 1. The van der Waals surface area contributed by atoms with Crippen LogP contribution in [-0.4, -0.2) is 43.5 Å². The number of hydrogen-bond donors (Lipinski definition) is 4. The molecule has 0 bridgehead atoms. The second-order valence-corrected chi connectivity index (χ2v) is 7.84. The van der Waals surface area contributed by atoms with E-state index in [1.54, 1.807) is 18.3 Å². The lowest BCUT2D eigenvalue weighted by molar-refractivity contribution is -0.00719. The molecular formula is C18H20Cl2N6O2. The Balaban J connectivity index is 1.54. The van der Waals surface area contributed by atoms with Crippen LogP contribution in [-0.2, 0) is 13.1 Å². The van der Waals surface area contributed by atoms with Crippen molar-refractivity contribution in [1.82, 2.24) is 25.1 Å². The molecule has 0 radical (unpaired) electrons. The molecule has 2 aromatic heterocycles. The van der Waals surface area contributed by atoms with Gasteiger partial charge in [0.05, 0.1) is 28.4 Å². The van der Waals surface area contributed by atoms with Crippen LogP contribution in [0.3, 0.4) is 0 Å². The van der Waals surface area contributed by atoms with Gasteiger partial charge in [-0.15, -0.1) is 0 Å². The number of halogens is 2. The zero-order chi connectivity index (χ0) is 19.7. The highest BCUT2D eigenvalue weighted by Crippen LogP contribution is 2.23. The van der Waals surface area contributed by atoms with Crippen LogP contribution >= 0.6 is 23.2 Å². The van der Waals surface area contributed by atoms with Gasteiger partial charge in [-0.25, -0.2) is 4.98 Å². The molecule has 0 unspecified atom stereocenters. The first-order valence-electron chi connectivity index (χ1n) is 9.00. The summed E-state index contributed by atoms with van der Waals surface area (Å²) in [7, 11) is 0. The average molecular weight is 423 g/mol. The van der Waals surface area contributed by atoms with E-state index in [-0.39, 0.29) is 12.1 Å². The highest BCUT2D eigenvalue weighted by atomic mass is 35.5. The minimum atomic E-state index is -0.874. The van der Waals surface area contributed by atoms with E-state index in [1.165, 1.54) is 4.68 Å². The number of nitrogens with zero attached hydrogens (tertiary/aromatic N) is 3. The van der Waals surface area contributed by atoms with E-state index in [0.717, 1.165) is 18.7 Å². The Hall–Kier alpha value is -2.13. The molecule has 1 aliphatic rings. The maximum absolute atomic E-state index is 12.6. The van der Waals surface area contributed by atoms with Crippen molar-refractivity contribution in [2.75, 3.05) is 18.4 Å². The summed E-state index contributed by atoms with van der Waals surface area (Å²) in [5.74, 6) is 0.337. The van der Waals surface area contributed by atoms with E-state index in [2.05, 4.69) is 25.7 Å². The summed E-state index contributed by atoms with van der Waals surface area (Å²) in [4.78, 5) is 19.8. The molecule has 0 saturated carbocycles. The fraction of sp³-hybridized carbons (Fsp3) is 0.389. The van der Waals surface area contributed by atoms with Gasteiger partial charge in [-0.05, 0) is 43.6 Å². The van der Waals surface area contributed by atoms with E-state index in [1.807, 2.05) is 6.07 Å². The van der Waals surface area contributed by atoms with Crippen LogP contribution in [0.15, 0.2) is 29.2 Å². The van der Waals surface area contributed by atoms with Crippen LogP contribution in [0.2, 0.25) is 10.0 Å². The summed E-state index contributed by atoms with van der Waals surface area (Å²) in [6, 6.07) is 5.32. The minimum Gasteiger partial charge on any atom is -0.388 e. The van der Waals surface area contributed by atoms with Crippen LogP contribution in [0.5, 0.6) is 0 Å². The minimum absolute atomic E-state index is 0.263. The number of hydrogen-bond acceptors (Lipinski definition) is 6. The van der Waals surface area contributed by atoms with Crippen molar-refractivity contribution in [3.63, 3.8) is 0 Å². The Kier molecular flexibility index (Phi) is 5.29. The molecule has 0 atom stereocenters. The Morgan fingerprint density at radius 3 is 2.79 bits per heavy atom. The Labute approximate surface area is 170 Å². The summed E-state index contributed by atoms with van der Waals surface area (Å²) in [5, 5.41) is 22.3. The number of aromatic nitrogens is 4. The summed E-state index contributed by atoms with van der Waals surface area (Å²) >= 11 is 11.9. The molecule has 3 aromatic rings. The van der Waals surface area contributed by atoms with Crippen molar-refractivity contribution in [1.29, 1.82) is 0 Å². The second-order valence-electron chi connectivity index (χ2n) is 7.03. The molecule has 10 heteroatoms. The maximum atomic E-state index is 12.6. The lowest BCUT2D eigenvalue weighted by Crippen LogP contribution is -2.45. The molecule has 1 aliphatic heterocycles. The molecule has 4 rings (SSSR count). The fourth-order valence-electron chi connectivity index (χ4n) is 3.37. The number of aliphatic hydroxyl groups is 1. The monoisotopic (exact) mass is 422 g/mol. The molecule has 4 N–H and O–H groups in total. The first-order chi connectivity index (χ1) is 13.4. The molecule has 8 nitrogen and oxygen atoms in total. The third-order valence-corrected chi connectivity index (χ3v) is 5.66. The molecule has 28 heavy (non-hydrogen) atoms. The lowest BCUT2D eigenvalue weighted by atomic mass is 9.92. The van der Waals surface area contributed by atoms with Gasteiger partial charge in [0, 0.05) is 6.54 Å². The number of anilines is 1. The SMILES string of the molecule is O=c1[nH]c(NCc2ccc(Cl)c(Cl)c2)nc2cnn(CC3(O)CCNCC3)c12. The number of rotatable bonds is 5. The summed E-state index contributed by atoms with van der Waals surface area (Å²) in [6.07, 6.45) is 2.77. The average Bonchev–Trinajstić information content (AvgIpc) is 3.06. The third kappa shape index (κ3) is 4.00. The van der Waals surface area contributed by atoms with Crippen molar-refractivity contribution in [3.8, 4) is 0 Å². The molecule has 3 heterocycles. The summed E-state index contributed by atoms with van der Waals surface area (Å²) in [6.45, 7) is 2.17. The van der Waals surface area contributed by atoms with Crippen molar-refractivity contribution >= 4 is 40.2 Å². The van der Waals surface area contributed by atoms with Crippen LogP contribution < -0.4 is 16.2 Å². The van der Waals surface area contributed by atoms with Crippen LogP contribution in [0.25, 0.3) is 11.0 Å². The molecule has 1 fully saturated rings. The van der Waals surface area contributed by atoms with Gasteiger partial charge in [0.1, 0.15) is 5.52 Å². The number of nitrogens with one attached hydrogen (secondary N) is 3.